The van der Waals surface area contributed by atoms with Gasteiger partial charge in [0.1, 0.15) is 0 Å². The Morgan fingerprint density at radius 3 is 2.38 bits per heavy atom. The molecule has 0 radical (unpaired) electrons. The van der Waals surface area contributed by atoms with Crippen molar-refractivity contribution >= 4 is 0 Å². The van der Waals surface area contributed by atoms with Gasteiger partial charge in [-0.2, -0.15) is 0 Å². The molecular formula is C14H22N2. The molecule has 1 heterocycles. The van der Waals surface area contributed by atoms with Gasteiger partial charge in [0.15, 0.2) is 0 Å². The fraction of sp³-hybridized carbons (Fsp3) is 0.571. The number of hydrogen-bond donors (Lipinski definition) is 2. The maximum absolute atomic E-state index is 5.70. The highest BCUT2D eigenvalue weighted by Crippen LogP contribution is 2.26. The van der Waals surface area contributed by atoms with Crippen LogP contribution in [0.3, 0.4) is 0 Å². The first-order valence-corrected chi connectivity index (χ1v) is 6.20. The van der Waals surface area contributed by atoms with Crippen molar-refractivity contribution in [3.05, 3.63) is 34.9 Å². The lowest BCUT2D eigenvalue weighted by atomic mass is 9.90. The Balaban J connectivity index is 2.08. The van der Waals surface area contributed by atoms with Crippen molar-refractivity contribution in [2.45, 2.75) is 32.7 Å². The number of benzene rings is 1. The van der Waals surface area contributed by atoms with Crippen LogP contribution in [0.15, 0.2) is 18.2 Å². The van der Waals surface area contributed by atoms with Crippen molar-refractivity contribution in [1.29, 1.82) is 0 Å². The van der Waals surface area contributed by atoms with Crippen molar-refractivity contribution in [2.24, 2.45) is 11.7 Å². The van der Waals surface area contributed by atoms with Gasteiger partial charge in [0.2, 0.25) is 0 Å². The first-order valence-electron chi connectivity index (χ1n) is 6.20. The van der Waals surface area contributed by atoms with Gasteiger partial charge in [0.05, 0.1) is 0 Å². The van der Waals surface area contributed by atoms with E-state index in [-0.39, 0.29) is 0 Å². The third kappa shape index (κ3) is 2.63. The van der Waals surface area contributed by atoms with E-state index in [0.29, 0.717) is 12.0 Å². The van der Waals surface area contributed by atoms with Crippen LogP contribution in [-0.2, 0) is 0 Å². The van der Waals surface area contributed by atoms with Crippen molar-refractivity contribution in [3.8, 4) is 0 Å². The van der Waals surface area contributed by atoms with Crippen LogP contribution in [0.5, 0.6) is 0 Å². The number of nitrogens with one attached hydrogen (secondary N) is 1. The molecule has 2 heteroatoms. The molecule has 2 atom stereocenters. The molecule has 2 rings (SSSR count). The van der Waals surface area contributed by atoms with E-state index in [2.05, 4.69) is 37.4 Å². The quantitative estimate of drug-likeness (QED) is 0.799. The smallest absolute Gasteiger partial charge is 0.0320 e. The molecule has 0 aromatic heterocycles. The van der Waals surface area contributed by atoms with Crippen LogP contribution in [0, 0.1) is 19.8 Å². The zero-order valence-corrected chi connectivity index (χ0v) is 10.3. The first-order chi connectivity index (χ1) is 7.69. The van der Waals surface area contributed by atoms with Crippen LogP contribution >= 0.6 is 0 Å². The summed E-state index contributed by atoms with van der Waals surface area (Å²) in [5.74, 6) is 0.669. The average Bonchev–Trinajstić information content (AvgIpc) is 2.28. The summed E-state index contributed by atoms with van der Waals surface area (Å²) in [6.07, 6.45) is 2.46. The monoisotopic (exact) mass is 218 g/mol. The Hall–Kier alpha value is -0.860. The molecule has 1 fully saturated rings. The van der Waals surface area contributed by atoms with Gasteiger partial charge in [-0.1, -0.05) is 29.3 Å². The fourth-order valence-corrected chi connectivity index (χ4v) is 2.61. The van der Waals surface area contributed by atoms with Gasteiger partial charge in [-0.25, -0.2) is 0 Å². The van der Waals surface area contributed by atoms with Crippen molar-refractivity contribution < 1.29 is 0 Å². The molecule has 1 aromatic rings. The molecule has 88 valence electrons. The molecule has 0 bridgehead atoms. The molecule has 16 heavy (non-hydrogen) atoms. The van der Waals surface area contributed by atoms with Gasteiger partial charge in [0, 0.05) is 6.04 Å². The van der Waals surface area contributed by atoms with Crippen molar-refractivity contribution in [3.63, 3.8) is 0 Å². The summed E-state index contributed by atoms with van der Waals surface area (Å²) in [5, 5.41) is 3.61. The third-order valence-electron chi connectivity index (χ3n) is 3.50. The van der Waals surface area contributed by atoms with Crippen LogP contribution in [0.4, 0.5) is 0 Å². The molecular weight excluding hydrogens is 196 g/mol. The lowest BCUT2D eigenvalue weighted by Gasteiger charge is -2.29. The highest BCUT2D eigenvalue weighted by molar-refractivity contribution is 5.30. The molecule has 0 saturated carbocycles. The van der Waals surface area contributed by atoms with E-state index in [0.717, 1.165) is 13.1 Å². The summed E-state index contributed by atoms with van der Waals surface area (Å²) in [7, 11) is 0. The summed E-state index contributed by atoms with van der Waals surface area (Å²) < 4.78 is 0. The molecule has 0 spiro atoms. The van der Waals surface area contributed by atoms with Gasteiger partial charge in [-0.3, -0.25) is 0 Å². The van der Waals surface area contributed by atoms with Crippen LogP contribution in [0.25, 0.3) is 0 Å². The minimum atomic E-state index is 0.529. The molecule has 1 aliphatic heterocycles. The Kier molecular flexibility index (Phi) is 3.62. The Morgan fingerprint density at radius 1 is 1.19 bits per heavy atom. The van der Waals surface area contributed by atoms with Crippen LogP contribution in [-0.4, -0.2) is 13.1 Å². The number of aryl methyl sites for hydroxylation is 2. The summed E-state index contributed by atoms with van der Waals surface area (Å²) >= 11 is 0. The average molecular weight is 218 g/mol. The normalized spacial score (nSPS) is 25.7. The molecule has 0 aliphatic carbocycles. The first kappa shape index (κ1) is 11.6. The van der Waals surface area contributed by atoms with Crippen LogP contribution < -0.4 is 11.1 Å². The Bertz CT molecular complexity index is 332. The maximum atomic E-state index is 5.70. The van der Waals surface area contributed by atoms with Gasteiger partial charge >= 0.3 is 0 Å². The molecule has 2 nitrogen and oxygen atoms in total. The van der Waals surface area contributed by atoms with Crippen LogP contribution in [0.2, 0.25) is 0 Å². The van der Waals surface area contributed by atoms with Gasteiger partial charge < -0.3 is 11.1 Å². The molecule has 1 saturated heterocycles. The second-order valence-corrected chi connectivity index (χ2v) is 5.06. The highest BCUT2D eigenvalue weighted by Gasteiger charge is 2.20. The largest absolute Gasteiger partial charge is 0.330 e. The molecule has 0 amide bonds. The molecule has 2 unspecified atom stereocenters. The van der Waals surface area contributed by atoms with E-state index in [9.17, 15) is 0 Å². The lowest BCUT2D eigenvalue weighted by molar-refractivity contribution is 0.320. The second kappa shape index (κ2) is 4.98. The number of nitrogens with two attached hydrogens (primary N) is 1. The van der Waals surface area contributed by atoms with Crippen molar-refractivity contribution in [2.75, 3.05) is 13.1 Å². The minimum absolute atomic E-state index is 0.529. The van der Waals surface area contributed by atoms with E-state index in [4.69, 9.17) is 5.73 Å². The van der Waals surface area contributed by atoms with Gasteiger partial charge in [-0.15, -0.1) is 0 Å². The van der Waals surface area contributed by atoms with Crippen LogP contribution in [0.1, 0.15) is 35.6 Å². The zero-order valence-electron chi connectivity index (χ0n) is 10.3. The topological polar surface area (TPSA) is 38.0 Å². The van der Waals surface area contributed by atoms with E-state index in [1.54, 1.807) is 0 Å². The summed E-state index contributed by atoms with van der Waals surface area (Å²) in [4.78, 5) is 0. The Labute approximate surface area is 98.2 Å². The summed E-state index contributed by atoms with van der Waals surface area (Å²) in [6, 6.07) is 7.36. The van der Waals surface area contributed by atoms with Crippen molar-refractivity contribution in [1.82, 2.24) is 5.32 Å². The maximum Gasteiger partial charge on any atom is 0.0320 e. The van der Waals surface area contributed by atoms with Gasteiger partial charge in [0.25, 0.3) is 0 Å². The van der Waals surface area contributed by atoms with E-state index >= 15 is 0 Å². The third-order valence-corrected chi connectivity index (χ3v) is 3.50. The fourth-order valence-electron chi connectivity index (χ4n) is 2.61. The number of piperidine rings is 1. The molecule has 1 aromatic carbocycles. The van der Waals surface area contributed by atoms with E-state index < -0.39 is 0 Å². The number of rotatable bonds is 2. The summed E-state index contributed by atoms with van der Waals surface area (Å²) in [6.45, 7) is 6.21. The molecule has 1 aliphatic rings. The lowest BCUT2D eigenvalue weighted by Crippen LogP contribution is -2.36. The SMILES string of the molecule is Cc1cc(C)cc(C2CCC(CN)CN2)c1. The molecule has 3 N–H and O–H groups in total. The Morgan fingerprint density at radius 2 is 1.88 bits per heavy atom. The predicted molar refractivity (Wildman–Crippen MR) is 68.4 cm³/mol. The van der Waals surface area contributed by atoms with Gasteiger partial charge in [-0.05, 0) is 51.3 Å². The predicted octanol–water partition coefficient (Wildman–Crippen LogP) is 2.30. The zero-order chi connectivity index (χ0) is 11.5. The minimum Gasteiger partial charge on any atom is -0.330 e. The van der Waals surface area contributed by atoms with E-state index in [1.807, 2.05) is 0 Å². The highest BCUT2D eigenvalue weighted by atomic mass is 14.9. The number of hydrogen-bond acceptors (Lipinski definition) is 2. The summed E-state index contributed by atoms with van der Waals surface area (Å²) in [5.41, 5.74) is 9.85. The van der Waals surface area contributed by atoms with E-state index in [1.165, 1.54) is 29.5 Å². The second-order valence-electron chi connectivity index (χ2n) is 5.06. The standard InChI is InChI=1S/C14H22N2/c1-10-5-11(2)7-13(6-10)14-4-3-12(8-15)9-16-14/h5-7,12,14,16H,3-4,8-9,15H2,1-2H3.